The number of hydrogen-bond donors (Lipinski definition) is 0. The van der Waals surface area contributed by atoms with Crippen molar-refractivity contribution in [3.63, 3.8) is 0 Å². The van der Waals surface area contributed by atoms with Crippen LogP contribution in [0.25, 0.3) is 0 Å². The summed E-state index contributed by atoms with van der Waals surface area (Å²) in [5, 5.41) is 0.574. The van der Waals surface area contributed by atoms with Gasteiger partial charge in [-0.25, -0.2) is 0 Å². The van der Waals surface area contributed by atoms with Gasteiger partial charge in [0.2, 0.25) is 0 Å². The second-order valence-electron chi connectivity index (χ2n) is 1.70. The minimum absolute atomic E-state index is 0.506. The molecule has 1 nitrogen and oxygen atoms in total. The van der Waals surface area contributed by atoms with Crippen LogP contribution < -0.4 is 0 Å². The predicted molar refractivity (Wildman–Crippen MR) is 27.1 cm³/mol. The fraction of sp³-hybridized carbons (Fsp3) is 1.00. The molecule has 0 spiro atoms. The Labute approximate surface area is 40.2 Å². The molecule has 0 aromatic rings. The van der Waals surface area contributed by atoms with E-state index in [1.54, 1.807) is 6.26 Å². The second-order valence-corrected chi connectivity index (χ2v) is 3.36. The third kappa shape index (κ3) is 0.805. The molecular formula is C4H8OS. The minimum Gasteiger partial charge on any atom is -0.260 e. The van der Waals surface area contributed by atoms with Crippen LogP contribution in [0.15, 0.2) is 0 Å². The smallest absolute Gasteiger partial charge is 0.0346 e. The molecule has 36 valence electrons. The first-order valence-electron chi connectivity index (χ1n) is 2.13. The van der Waals surface area contributed by atoms with Crippen molar-refractivity contribution < 1.29 is 4.21 Å². The monoisotopic (exact) mass is 104 g/mol. The van der Waals surface area contributed by atoms with Crippen LogP contribution in [-0.4, -0.2) is 15.7 Å². The van der Waals surface area contributed by atoms with Gasteiger partial charge in [-0.15, -0.1) is 0 Å². The molecule has 0 aromatic carbocycles. The zero-order chi connectivity index (χ0) is 4.57. The third-order valence-electron chi connectivity index (χ3n) is 0.994. The molecule has 0 amide bonds. The van der Waals surface area contributed by atoms with Crippen LogP contribution >= 0.6 is 0 Å². The molecule has 6 heavy (non-hydrogen) atoms. The van der Waals surface area contributed by atoms with Crippen molar-refractivity contribution in [1.82, 2.24) is 0 Å². The van der Waals surface area contributed by atoms with Gasteiger partial charge in [0.1, 0.15) is 0 Å². The molecule has 0 unspecified atom stereocenters. The zero-order valence-electron chi connectivity index (χ0n) is 3.81. The molecule has 2 heteroatoms. The lowest BCUT2D eigenvalue weighted by Gasteiger charge is -1.78. The van der Waals surface area contributed by atoms with Gasteiger partial charge in [-0.1, -0.05) is 0 Å². The van der Waals surface area contributed by atoms with E-state index in [1.165, 1.54) is 12.8 Å². The average molecular weight is 104 g/mol. The maximum atomic E-state index is 10.3. The van der Waals surface area contributed by atoms with Gasteiger partial charge in [-0.3, -0.25) is 4.21 Å². The molecule has 0 radical (unpaired) electrons. The van der Waals surface area contributed by atoms with Gasteiger partial charge in [-0.2, -0.15) is 0 Å². The van der Waals surface area contributed by atoms with Gasteiger partial charge in [0.15, 0.2) is 0 Å². The molecule has 1 fully saturated rings. The topological polar surface area (TPSA) is 17.1 Å². The van der Waals surface area contributed by atoms with Crippen LogP contribution in [-0.2, 0) is 10.8 Å². The molecule has 1 saturated carbocycles. The van der Waals surface area contributed by atoms with Gasteiger partial charge in [0.05, 0.1) is 0 Å². The highest BCUT2D eigenvalue weighted by atomic mass is 32.2. The van der Waals surface area contributed by atoms with E-state index in [1.807, 2.05) is 0 Å². The lowest BCUT2D eigenvalue weighted by atomic mass is 11.0. The van der Waals surface area contributed by atoms with Crippen molar-refractivity contribution >= 4 is 10.8 Å². The Bertz CT molecular complexity index is 75.6. The van der Waals surface area contributed by atoms with Crippen LogP contribution in [0.3, 0.4) is 0 Å². The largest absolute Gasteiger partial charge is 0.260 e. The Balaban J connectivity index is 2.31. The van der Waals surface area contributed by atoms with E-state index >= 15 is 0 Å². The summed E-state index contributed by atoms with van der Waals surface area (Å²) in [7, 11) is -0.506. The molecule has 1 atom stereocenters. The summed E-state index contributed by atoms with van der Waals surface area (Å²) < 4.78 is 10.3. The van der Waals surface area contributed by atoms with Gasteiger partial charge in [0, 0.05) is 22.3 Å². The Morgan fingerprint density at radius 1 is 1.67 bits per heavy atom. The predicted octanol–water partition coefficient (Wildman–Crippen LogP) is 0.527. The fourth-order valence-electron chi connectivity index (χ4n) is 0.400. The molecule has 0 bridgehead atoms. The van der Waals surface area contributed by atoms with Crippen LogP contribution in [0.5, 0.6) is 0 Å². The van der Waals surface area contributed by atoms with Gasteiger partial charge in [-0.05, 0) is 12.8 Å². The Hall–Kier alpha value is 0.150. The van der Waals surface area contributed by atoms with Crippen molar-refractivity contribution in [1.29, 1.82) is 0 Å². The third-order valence-corrected chi connectivity index (χ3v) is 2.40. The van der Waals surface area contributed by atoms with Crippen molar-refractivity contribution in [3.8, 4) is 0 Å². The van der Waals surface area contributed by atoms with Crippen LogP contribution in [0, 0.1) is 0 Å². The first kappa shape index (κ1) is 4.31. The summed E-state index contributed by atoms with van der Waals surface area (Å²) >= 11 is 0. The summed E-state index contributed by atoms with van der Waals surface area (Å²) in [6.45, 7) is 0. The minimum atomic E-state index is -0.506. The Morgan fingerprint density at radius 2 is 2.17 bits per heavy atom. The van der Waals surface area contributed by atoms with E-state index in [-0.39, 0.29) is 0 Å². The maximum Gasteiger partial charge on any atom is 0.0346 e. The summed E-state index contributed by atoms with van der Waals surface area (Å²) in [6.07, 6.45) is 4.17. The molecule has 0 saturated heterocycles. The molecule has 1 aliphatic carbocycles. The number of rotatable bonds is 1. The Morgan fingerprint density at radius 3 is 2.17 bits per heavy atom. The highest BCUT2D eigenvalue weighted by Crippen LogP contribution is 2.24. The standard InChI is InChI=1S/C4H8OS/c1-6(5)4-2-3-4/h4H,2-3H2,1H3/t6-/m1/s1. The van der Waals surface area contributed by atoms with Crippen molar-refractivity contribution in [2.45, 2.75) is 18.1 Å². The quantitative estimate of drug-likeness (QED) is 0.474. The second kappa shape index (κ2) is 1.34. The van der Waals surface area contributed by atoms with Crippen molar-refractivity contribution in [2.24, 2.45) is 0 Å². The summed E-state index contributed by atoms with van der Waals surface area (Å²) in [5.41, 5.74) is 0. The lowest BCUT2D eigenvalue weighted by molar-refractivity contribution is 0.686. The van der Waals surface area contributed by atoms with E-state index in [0.717, 1.165) is 0 Å². The highest BCUT2D eigenvalue weighted by molar-refractivity contribution is 7.85. The van der Waals surface area contributed by atoms with E-state index < -0.39 is 10.8 Å². The molecular weight excluding hydrogens is 96.1 g/mol. The molecule has 1 rings (SSSR count). The van der Waals surface area contributed by atoms with Crippen LogP contribution in [0.2, 0.25) is 0 Å². The molecule has 1 aliphatic rings. The van der Waals surface area contributed by atoms with Gasteiger partial charge < -0.3 is 0 Å². The molecule has 0 aliphatic heterocycles. The SMILES string of the molecule is C[S@@](=O)C1CC1. The molecule has 0 heterocycles. The molecule has 0 N–H and O–H groups in total. The maximum absolute atomic E-state index is 10.3. The van der Waals surface area contributed by atoms with E-state index in [2.05, 4.69) is 0 Å². The normalized spacial score (nSPS) is 26.8. The summed E-state index contributed by atoms with van der Waals surface area (Å²) in [5.74, 6) is 0. The zero-order valence-corrected chi connectivity index (χ0v) is 4.62. The highest BCUT2D eigenvalue weighted by Gasteiger charge is 2.24. The van der Waals surface area contributed by atoms with Crippen LogP contribution in [0.4, 0.5) is 0 Å². The summed E-state index contributed by atoms with van der Waals surface area (Å²) in [4.78, 5) is 0. The first-order chi connectivity index (χ1) is 2.80. The average Bonchev–Trinajstić information content (AvgIpc) is 2.06. The first-order valence-corrected chi connectivity index (χ1v) is 3.75. The fourth-order valence-corrected chi connectivity index (χ4v) is 1.20. The van der Waals surface area contributed by atoms with Crippen molar-refractivity contribution in [2.75, 3.05) is 6.26 Å². The van der Waals surface area contributed by atoms with E-state index in [0.29, 0.717) is 5.25 Å². The number of hydrogen-bond acceptors (Lipinski definition) is 1. The summed E-state index contributed by atoms with van der Waals surface area (Å²) in [6, 6.07) is 0. The lowest BCUT2D eigenvalue weighted by Crippen LogP contribution is -1.89. The van der Waals surface area contributed by atoms with Crippen molar-refractivity contribution in [3.05, 3.63) is 0 Å². The van der Waals surface area contributed by atoms with Gasteiger partial charge >= 0.3 is 0 Å². The Kier molecular flexibility index (Phi) is 0.960. The molecule has 0 aromatic heterocycles. The van der Waals surface area contributed by atoms with E-state index in [9.17, 15) is 4.21 Å². The van der Waals surface area contributed by atoms with Gasteiger partial charge in [0.25, 0.3) is 0 Å². The van der Waals surface area contributed by atoms with E-state index in [4.69, 9.17) is 0 Å². The van der Waals surface area contributed by atoms with Crippen LogP contribution in [0.1, 0.15) is 12.8 Å².